The maximum atomic E-state index is 11.9. The van der Waals surface area contributed by atoms with E-state index in [-0.39, 0.29) is 17.9 Å². The Balaban J connectivity index is 1.87. The number of imide groups is 1. The first-order valence-corrected chi connectivity index (χ1v) is 6.34. The van der Waals surface area contributed by atoms with Crippen molar-refractivity contribution in [1.82, 2.24) is 4.90 Å². The average Bonchev–Trinajstić information content (AvgIpc) is 3.04. The van der Waals surface area contributed by atoms with Gasteiger partial charge >= 0.3 is 0 Å². The van der Waals surface area contributed by atoms with Crippen LogP contribution in [0.4, 0.5) is 5.69 Å². The van der Waals surface area contributed by atoms with Gasteiger partial charge in [0.1, 0.15) is 5.76 Å². The van der Waals surface area contributed by atoms with Gasteiger partial charge in [0.25, 0.3) is 11.8 Å². The first kappa shape index (κ1) is 12.5. The highest BCUT2D eigenvalue weighted by Gasteiger charge is 2.32. The standard InChI is InChI=1S/C15H14N2O3/c1-9(13-4-3-7-20-13)16-10-5-6-11-12(8-10)15(19)17(2)14(11)18/h3-9,16H,1-2H3. The summed E-state index contributed by atoms with van der Waals surface area (Å²) >= 11 is 0. The molecule has 1 aromatic heterocycles. The maximum absolute atomic E-state index is 11.9. The number of rotatable bonds is 3. The second-order valence-corrected chi connectivity index (χ2v) is 4.81. The van der Waals surface area contributed by atoms with Crippen molar-refractivity contribution in [1.29, 1.82) is 0 Å². The zero-order valence-electron chi connectivity index (χ0n) is 11.2. The highest BCUT2D eigenvalue weighted by molar-refractivity contribution is 6.21. The predicted molar refractivity (Wildman–Crippen MR) is 73.6 cm³/mol. The highest BCUT2D eigenvalue weighted by Crippen LogP contribution is 2.27. The Morgan fingerprint density at radius 3 is 2.60 bits per heavy atom. The van der Waals surface area contributed by atoms with Crippen LogP contribution in [0, 0.1) is 0 Å². The zero-order valence-corrected chi connectivity index (χ0v) is 11.2. The van der Waals surface area contributed by atoms with Crippen LogP contribution in [0.5, 0.6) is 0 Å². The molecule has 2 amide bonds. The van der Waals surface area contributed by atoms with Crippen LogP contribution in [0.15, 0.2) is 41.0 Å². The summed E-state index contributed by atoms with van der Waals surface area (Å²) in [5, 5.41) is 3.25. The number of fused-ring (bicyclic) bond motifs is 1. The van der Waals surface area contributed by atoms with Crippen molar-refractivity contribution >= 4 is 17.5 Å². The number of amides is 2. The van der Waals surface area contributed by atoms with E-state index < -0.39 is 0 Å². The summed E-state index contributed by atoms with van der Waals surface area (Å²) in [6.45, 7) is 1.96. The molecule has 0 saturated carbocycles. The van der Waals surface area contributed by atoms with E-state index in [1.165, 1.54) is 7.05 Å². The van der Waals surface area contributed by atoms with Crippen LogP contribution in [0.2, 0.25) is 0 Å². The molecule has 2 aromatic rings. The minimum Gasteiger partial charge on any atom is -0.467 e. The van der Waals surface area contributed by atoms with Crippen molar-refractivity contribution in [2.75, 3.05) is 12.4 Å². The van der Waals surface area contributed by atoms with E-state index in [0.29, 0.717) is 11.1 Å². The minimum absolute atomic E-state index is 0.0204. The minimum atomic E-state index is -0.265. The molecular formula is C15H14N2O3. The topological polar surface area (TPSA) is 62.6 Å². The Morgan fingerprint density at radius 1 is 1.15 bits per heavy atom. The Hall–Kier alpha value is -2.56. The summed E-state index contributed by atoms with van der Waals surface area (Å²) in [7, 11) is 1.49. The number of furan rings is 1. The van der Waals surface area contributed by atoms with E-state index in [0.717, 1.165) is 16.3 Å². The lowest BCUT2D eigenvalue weighted by molar-refractivity contribution is 0.0693. The van der Waals surface area contributed by atoms with Crippen LogP contribution in [-0.4, -0.2) is 23.8 Å². The van der Waals surface area contributed by atoms with Crippen molar-refractivity contribution in [3.8, 4) is 0 Å². The summed E-state index contributed by atoms with van der Waals surface area (Å²) in [5.74, 6) is 0.292. The molecule has 0 fully saturated rings. The molecule has 0 radical (unpaired) electrons. The Labute approximate surface area is 116 Å². The third-order valence-corrected chi connectivity index (χ3v) is 3.44. The van der Waals surface area contributed by atoms with Gasteiger partial charge in [0, 0.05) is 12.7 Å². The molecule has 1 unspecified atom stereocenters. The number of carbonyl (C=O) groups excluding carboxylic acids is 2. The predicted octanol–water partition coefficient (Wildman–Crippen LogP) is 2.68. The van der Waals surface area contributed by atoms with Crippen LogP contribution in [0.25, 0.3) is 0 Å². The fourth-order valence-corrected chi connectivity index (χ4v) is 2.31. The number of hydrogen-bond acceptors (Lipinski definition) is 4. The molecule has 1 aliphatic rings. The van der Waals surface area contributed by atoms with Gasteiger partial charge in [0.15, 0.2) is 0 Å². The molecule has 0 spiro atoms. The molecule has 0 bridgehead atoms. The Kier molecular flexibility index (Phi) is 2.82. The molecule has 3 rings (SSSR count). The van der Waals surface area contributed by atoms with Crippen LogP contribution < -0.4 is 5.32 Å². The Morgan fingerprint density at radius 2 is 1.90 bits per heavy atom. The summed E-state index contributed by atoms with van der Waals surface area (Å²) in [5.41, 5.74) is 1.67. The summed E-state index contributed by atoms with van der Waals surface area (Å²) in [6.07, 6.45) is 1.62. The number of benzene rings is 1. The number of anilines is 1. The van der Waals surface area contributed by atoms with Crippen LogP contribution >= 0.6 is 0 Å². The smallest absolute Gasteiger partial charge is 0.261 e. The van der Waals surface area contributed by atoms with Crippen LogP contribution in [0.3, 0.4) is 0 Å². The quantitative estimate of drug-likeness (QED) is 0.871. The lowest BCUT2D eigenvalue weighted by Crippen LogP contribution is -2.24. The largest absolute Gasteiger partial charge is 0.467 e. The number of nitrogens with one attached hydrogen (secondary N) is 1. The van der Waals surface area contributed by atoms with Gasteiger partial charge in [-0.3, -0.25) is 14.5 Å². The second kappa shape index (κ2) is 4.52. The third kappa shape index (κ3) is 1.87. The monoisotopic (exact) mass is 270 g/mol. The average molecular weight is 270 g/mol. The van der Waals surface area contributed by atoms with Crippen LogP contribution in [0.1, 0.15) is 39.4 Å². The van der Waals surface area contributed by atoms with Crippen molar-refractivity contribution in [3.63, 3.8) is 0 Å². The second-order valence-electron chi connectivity index (χ2n) is 4.81. The molecule has 0 saturated heterocycles. The third-order valence-electron chi connectivity index (χ3n) is 3.44. The van der Waals surface area contributed by atoms with Gasteiger partial charge in [-0.25, -0.2) is 0 Å². The summed E-state index contributed by atoms with van der Waals surface area (Å²) < 4.78 is 5.32. The molecule has 1 aromatic carbocycles. The van der Waals surface area contributed by atoms with Gasteiger partial charge in [0.2, 0.25) is 0 Å². The molecule has 1 atom stereocenters. The fourth-order valence-electron chi connectivity index (χ4n) is 2.31. The molecule has 0 aliphatic carbocycles. The van der Waals surface area contributed by atoms with Crippen molar-refractivity contribution in [2.24, 2.45) is 0 Å². The van der Waals surface area contributed by atoms with Gasteiger partial charge in [-0.2, -0.15) is 0 Å². The highest BCUT2D eigenvalue weighted by atomic mass is 16.3. The summed E-state index contributed by atoms with van der Waals surface area (Å²) in [4.78, 5) is 24.9. The molecular weight excluding hydrogens is 256 g/mol. The van der Waals surface area contributed by atoms with Gasteiger partial charge < -0.3 is 9.73 Å². The first-order chi connectivity index (χ1) is 9.58. The SMILES string of the molecule is CC(Nc1ccc2c(c1)C(=O)N(C)C2=O)c1ccco1. The fraction of sp³-hybridized carbons (Fsp3) is 0.200. The van der Waals surface area contributed by atoms with Gasteiger partial charge in [-0.05, 0) is 37.3 Å². The first-order valence-electron chi connectivity index (χ1n) is 6.34. The van der Waals surface area contributed by atoms with Crippen molar-refractivity contribution in [3.05, 3.63) is 53.5 Å². The molecule has 5 heteroatoms. The lowest BCUT2D eigenvalue weighted by Gasteiger charge is -2.13. The molecule has 20 heavy (non-hydrogen) atoms. The van der Waals surface area contributed by atoms with Gasteiger partial charge in [-0.15, -0.1) is 0 Å². The number of hydrogen-bond donors (Lipinski definition) is 1. The van der Waals surface area contributed by atoms with E-state index in [1.54, 1.807) is 24.5 Å². The summed E-state index contributed by atoms with van der Waals surface area (Å²) in [6, 6.07) is 8.87. The van der Waals surface area contributed by atoms with Crippen molar-refractivity contribution in [2.45, 2.75) is 13.0 Å². The maximum Gasteiger partial charge on any atom is 0.261 e. The molecule has 2 heterocycles. The number of nitrogens with zero attached hydrogens (tertiary/aromatic N) is 1. The van der Waals surface area contributed by atoms with Gasteiger partial charge in [-0.1, -0.05) is 0 Å². The van der Waals surface area contributed by atoms with Crippen molar-refractivity contribution < 1.29 is 14.0 Å². The number of carbonyl (C=O) groups is 2. The van der Waals surface area contributed by atoms with E-state index in [4.69, 9.17) is 4.42 Å². The molecule has 1 N–H and O–H groups in total. The zero-order chi connectivity index (χ0) is 14.3. The van der Waals surface area contributed by atoms with E-state index in [9.17, 15) is 9.59 Å². The van der Waals surface area contributed by atoms with E-state index >= 15 is 0 Å². The van der Waals surface area contributed by atoms with E-state index in [1.807, 2.05) is 19.1 Å². The molecule has 102 valence electrons. The van der Waals surface area contributed by atoms with Crippen LogP contribution in [-0.2, 0) is 0 Å². The van der Waals surface area contributed by atoms with Gasteiger partial charge in [0.05, 0.1) is 23.4 Å². The Bertz CT molecular complexity index is 676. The molecule has 1 aliphatic heterocycles. The lowest BCUT2D eigenvalue weighted by atomic mass is 10.1. The van der Waals surface area contributed by atoms with E-state index in [2.05, 4.69) is 5.32 Å². The molecule has 5 nitrogen and oxygen atoms in total. The normalized spacial score (nSPS) is 15.4.